The summed E-state index contributed by atoms with van der Waals surface area (Å²) in [4.78, 5) is 25.2. The minimum atomic E-state index is -1.04. The van der Waals surface area contributed by atoms with Crippen LogP contribution in [0.15, 0.2) is 6.33 Å². The van der Waals surface area contributed by atoms with Crippen LogP contribution in [0.4, 0.5) is 4.79 Å². The van der Waals surface area contributed by atoms with Gasteiger partial charge in [-0.3, -0.25) is 5.10 Å². The second-order valence-corrected chi connectivity index (χ2v) is 3.31. The molecular formula is C9H15N5O4. The maximum atomic E-state index is 11.2. The Balaban J connectivity index is 1.95. The van der Waals surface area contributed by atoms with Crippen LogP contribution in [0.25, 0.3) is 0 Å². The number of hydrogen-bond donors (Lipinski definition) is 4. The van der Waals surface area contributed by atoms with Crippen LogP contribution in [-0.2, 0) is 16.0 Å². The number of ether oxygens (including phenoxy) is 1. The van der Waals surface area contributed by atoms with E-state index < -0.39 is 5.97 Å². The van der Waals surface area contributed by atoms with Crippen LogP contribution in [-0.4, -0.2) is 58.6 Å². The Kier molecular flexibility index (Phi) is 6.19. The van der Waals surface area contributed by atoms with E-state index >= 15 is 0 Å². The third kappa shape index (κ3) is 6.43. The van der Waals surface area contributed by atoms with Crippen molar-refractivity contribution < 1.29 is 19.4 Å². The molecule has 0 bridgehead atoms. The minimum Gasteiger partial charge on any atom is -0.480 e. The van der Waals surface area contributed by atoms with Crippen molar-refractivity contribution in [3.05, 3.63) is 12.2 Å². The quantitative estimate of drug-likeness (QED) is 0.430. The Morgan fingerprint density at radius 1 is 1.39 bits per heavy atom. The number of aromatic amines is 1. The summed E-state index contributed by atoms with van der Waals surface area (Å²) in [5.41, 5.74) is 0. The van der Waals surface area contributed by atoms with Gasteiger partial charge in [0.2, 0.25) is 0 Å². The molecule has 9 nitrogen and oxygen atoms in total. The minimum absolute atomic E-state index is 0.155. The summed E-state index contributed by atoms with van der Waals surface area (Å²) in [5.74, 6) is -0.341. The van der Waals surface area contributed by atoms with Gasteiger partial charge in [-0.2, -0.15) is 5.10 Å². The second kappa shape index (κ2) is 8.01. The van der Waals surface area contributed by atoms with Crippen molar-refractivity contribution in [2.75, 3.05) is 26.3 Å². The molecule has 0 spiro atoms. The molecule has 0 saturated carbocycles. The summed E-state index contributed by atoms with van der Waals surface area (Å²) in [5, 5.41) is 19.8. The average Bonchev–Trinajstić information content (AvgIpc) is 2.81. The first-order valence-electron chi connectivity index (χ1n) is 5.34. The molecule has 1 rings (SSSR count). The Morgan fingerprint density at radius 2 is 2.17 bits per heavy atom. The summed E-state index contributed by atoms with van der Waals surface area (Å²) in [6.45, 7) is 0.467. The van der Waals surface area contributed by atoms with Crippen LogP contribution < -0.4 is 10.6 Å². The monoisotopic (exact) mass is 257 g/mol. The molecule has 1 aromatic rings. The number of nitrogens with zero attached hydrogens (tertiary/aromatic N) is 2. The highest BCUT2D eigenvalue weighted by atomic mass is 16.5. The van der Waals surface area contributed by atoms with Crippen LogP contribution in [0.2, 0.25) is 0 Å². The molecule has 100 valence electrons. The first-order valence-corrected chi connectivity index (χ1v) is 5.34. The van der Waals surface area contributed by atoms with Crippen molar-refractivity contribution in [1.29, 1.82) is 0 Å². The molecule has 1 heterocycles. The Morgan fingerprint density at radius 3 is 2.83 bits per heavy atom. The number of urea groups is 1. The first kappa shape index (κ1) is 13.9. The van der Waals surface area contributed by atoms with Crippen LogP contribution in [0.3, 0.4) is 0 Å². The topological polar surface area (TPSA) is 129 Å². The number of carbonyl (C=O) groups is 2. The van der Waals surface area contributed by atoms with E-state index in [2.05, 4.69) is 25.8 Å². The lowest BCUT2D eigenvalue weighted by Gasteiger charge is -2.06. The molecule has 0 unspecified atom stereocenters. The van der Waals surface area contributed by atoms with Gasteiger partial charge in [-0.25, -0.2) is 14.6 Å². The van der Waals surface area contributed by atoms with E-state index in [-0.39, 0.29) is 25.8 Å². The van der Waals surface area contributed by atoms with E-state index in [0.717, 1.165) is 0 Å². The molecule has 0 aromatic carbocycles. The number of amides is 2. The maximum absolute atomic E-state index is 11.2. The number of aromatic nitrogens is 3. The fraction of sp³-hybridized carbons (Fsp3) is 0.556. The number of carboxylic acids is 1. The summed E-state index contributed by atoms with van der Waals surface area (Å²) in [7, 11) is 0. The largest absolute Gasteiger partial charge is 0.480 e. The van der Waals surface area contributed by atoms with Crippen molar-refractivity contribution in [3.8, 4) is 0 Å². The van der Waals surface area contributed by atoms with Gasteiger partial charge in [-0.15, -0.1) is 0 Å². The number of carboxylic acid groups (broad SMARTS) is 1. The molecule has 0 radical (unpaired) electrons. The highest BCUT2D eigenvalue weighted by Crippen LogP contribution is 1.84. The number of H-pyrrole nitrogens is 1. The van der Waals surface area contributed by atoms with Gasteiger partial charge >= 0.3 is 12.0 Å². The molecular weight excluding hydrogens is 242 g/mol. The third-order valence-corrected chi connectivity index (χ3v) is 1.87. The van der Waals surface area contributed by atoms with E-state index in [1.165, 1.54) is 6.33 Å². The van der Waals surface area contributed by atoms with Crippen molar-refractivity contribution in [3.63, 3.8) is 0 Å². The lowest BCUT2D eigenvalue weighted by Crippen LogP contribution is -2.38. The van der Waals surface area contributed by atoms with Crippen molar-refractivity contribution in [2.24, 2.45) is 0 Å². The molecule has 0 aliphatic rings. The van der Waals surface area contributed by atoms with Crippen molar-refractivity contribution >= 4 is 12.0 Å². The molecule has 0 saturated heterocycles. The zero-order chi connectivity index (χ0) is 13.2. The molecule has 0 aliphatic carbocycles. The molecule has 2 amide bonds. The number of hydrogen-bond acceptors (Lipinski definition) is 5. The van der Waals surface area contributed by atoms with Gasteiger partial charge in [0.25, 0.3) is 0 Å². The molecule has 9 heteroatoms. The predicted molar refractivity (Wildman–Crippen MR) is 59.9 cm³/mol. The first-order chi connectivity index (χ1) is 8.68. The second-order valence-electron chi connectivity index (χ2n) is 3.31. The molecule has 0 atom stereocenters. The van der Waals surface area contributed by atoms with E-state index in [4.69, 9.17) is 9.84 Å². The molecule has 0 aliphatic heterocycles. The summed E-state index contributed by atoms with van der Waals surface area (Å²) in [6.07, 6.45) is 1.96. The smallest absolute Gasteiger partial charge is 0.329 e. The van der Waals surface area contributed by atoms with Gasteiger partial charge in [0.15, 0.2) is 0 Å². The molecule has 1 aromatic heterocycles. The van der Waals surface area contributed by atoms with Gasteiger partial charge in [-0.1, -0.05) is 0 Å². The molecule has 4 N–H and O–H groups in total. The number of aliphatic carboxylic acids is 1. The van der Waals surface area contributed by atoms with Crippen LogP contribution >= 0.6 is 0 Å². The lowest BCUT2D eigenvalue weighted by molar-refractivity contribution is -0.142. The van der Waals surface area contributed by atoms with E-state index in [1.54, 1.807) is 0 Å². The number of nitrogens with one attached hydrogen (secondary N) is 3. The van der Waals surface area contributed by atoms with Crippen LogP contribution in [0.1, 0.15) is 5.82 Å². The van der Waals surface area contributed by atoms with Crippen LogP contribution in [0.5, 0.6) is 0 Å². The zero-order valence-corrected chi connectivity index (χ0v) is 9.68. The fourth-order valence-electron chi connectivity index (χ4n) is 1.10. The highest BCUT2D eigenvalue weighted by Gasteiger charge is 2.01. The van der Waals surface area contributed by atoms with Crippen molar-refractivity contribution in [2.45, 2.75) is 6.42 Å². The predicted octanol–water partition coefficient (Wildman–Crippen LogP) is -1.25. The van der Waals surface area contributed by atoms with Gasteiger partial charge in [0.05, 0.1) is 6.61 Å². The Hall–Kier alpha value is -2.16. The lowest BCUT2D eigenvalue weighted by atomic mass is 10.4. The van der Waals surface area contributed by atoms with Crippen LogP contribution in [0, 0.1) is 0 Å². The average molecular weight is 257 g/mol. The normalized spacial score (nSPS) is 10.0. The van der Waals surface area contributed by atoms with E-state index in [1.807, 2.05) is 0 Å². The van der Waals surface area contributed by atoms with E-state index in [9.17, 15) is 9.59 Å². The van der Waals surface area contributed by atoms with Gasteiger partial charge < -0.3 is 20.5 Å². The summed E-state index contributed by atoms with van der Waals surface area (Å²) < 4.78 is 4.74. The van der Waals surface area contributed by atoms with Gasteiger partial charge in [-0.05, 0) is 0 Å². The molecule has 0 fully saturated rings. The standard InChI is InChI=1S/C9H15N5O4/c15-8(16)5-18-4-3-11-9(17)10-2-1-7-12-6-13-14-7/h6H,1-5H2,(H,15,16)(H2,10,11,17)(H,12,13,14). The number of rotatable bonds is 8. The maximum Gasteiger partial charge on any atom is 0.329 e. The van der Waals surface area contributed by atoms with Gasteiger partial charge in [0.1, 0.15) is 18.8 Å². The SMILES string of the molecule is O=C(O)COCCNC(=O)NCCc1ncn[nH]1. The van der Waals surface area contributed by atoms with Crippen molar-refractivity contribution in [1.82, 2.24) is 25.8 Å². The zero-order valence-electron chi connectivity index (χ0n) is 9.68. The number of carbonyl (C=O) groups excluding carboxylic acids is 1. The summed E-state index contributed by atoms with van der Waals surface area (Å²) in [6, 6.07) is -0.339. The molecule has 18 heavy (non-hydrogen) atoms. The van der Waals surface area contributed by atoms with Gasteiger partial charge in [0, 0.05) is 19.5 Å². The third-order valence-electron chi connectivity index (χ3n) is 1.87. The highest BCUT2D eigenvalue weighted by molar-refractivity contribution is 5.73. The van der Waals surface area contributed by atoms with E-state index in [0.29, 0.717) is 18.8 Å². The Bertz CT molecular complexity index is 367. The summed E-state index contributed by atoms with van der Waals surface area (Å²) >= 11 is 0. The fourth-order valence-corrected chi connectivity index (χ4v) is 1.10. The Labute approximate surface area is 103 Å².